The third-order valence-corrected chi connectivity index (χ3v) is 7.62. The molecule has 0 radical (unpaired) electrons. The molecule has 1 nitrogen and oxygen atoms in total. The molecule has 0 aliphatic heterocycles. The van der Waals surface area contributed by atoms with E-state index in [9.17, 15) is 4.79 Å². The summed E-state index contributed by atoms with van der Waals surface area (Å²) < 4.78 is 0. The van der Waals surface area contributed by atoms with Gasteiger partial charge in [-0.05, 0) is 62.0 Å². The molecule has 0 amide bonds. The number of ketones is 1. The van der Waals surface area contributed by atoms with Crippen molar-refractivity contribution in [3.8, 4) is 0 Å². The van der Waals surface area contributed by atoms with E-state index in [1.54, 1.807) is 5.57 Å². The monoisotopic (exact) mass is 290 g/mol. The average molecular weight is 290 g/mol. The van der Waals surface area contributed by atoms with Gasteiger partial charge < -0.3 is 0 Å². The van der Waals surface area contributed by atoms with E-state index in [-0.39, 0.29) is 5.92 Å². The number of fused-ring (bicyclic) bond motifs is 1. The van der Waals surface area contributed by atoms with Gasteiger partial charge in [-0.2, -0.15) is 0 Å². The third-order valence-electron chi connectivity index (χ3n) is 7.62. The van der Waals surface area contributed by atoms with Crippen molar-refractivity contribution in [2.24, 2.45) is 23.2 Å². The molecule has 1 spiro atoms. The smallest absolute Gasteiger partial charge is 0.144 e. The summed E-state index contributed by atoms with van der Waals surface area (Å²) in [6.45, 7) is 0. The molecule has 9 bridgehead atoms. The first-order valence-corrected chi connectivity index (χ1v) is 9.17. The zero-order chi connectivity index (χ0) is 14.5. The molecule has 0 N–H and O–H groups in total. The normalized spacial score (nSPS) is 44.3. The first-order valence-electron chi connectivity index (χ1n) is 9.17. The van der Waals surface area contributed by atoms with E-state index in [1.807, 2.05) is 11.1 Å². The summed E-state index contributed by atoms with van der Waals surface area (Å²) in [5.74, 6) is 2.06. The predicted octanol–water partition coefficient (Wildman–Crippen LogP) is 4.67. The van der Waals surface area contributed by atoms with Crippen molar-refractivity contribution < 1.29 is 4.79 Å². The van der Waals surface area contributed by atoms with Crippen LogP contribution in [0.3, 0.4) is 0 Å². The Morgan fingerprint density at radius 3 is 2.95 bits per heavy atom. The number of hydrogen-bond acceptors (Lipinski definition) is 1. The van der Waals surface area contributed by atoms with Gasteiger partial charge in [-0.3, -0.25) is 4.79 Å². The molecule has 1 fully saturated rings. The molecule has 1 saturated carbocycles. The Bertz CT molecular complexity index is 744. The predicted molar refractivity (Wildman–Crippen MR) is 86.1 cm³/mol. The number of carbonyl (C=O) groups excluding carboxylic acids is 1. The third kappa shape index (κ3) is 1.19. The zero-order valence-corrected chi connectivity index (χ0v) is 13.0. The van der Waals surface area contributed by atoms with E-state index >= 15 is 0 Å². The Morgan fingerprint density at radius 2 is 2.00 bits per heavy atom. The summed E-state index contributed by atoms with van der Waals surface area (Å²) >= 11 is 0. The minimum absolute atomic E-state index is 0.0963. The molecule has 7 aliphatic rings. The quantitative estimate of drug-likeness (QED) is 0.593. The highest BCUT2D eigenvalue weighted by atomic mass is 16.1. The van der Waals surface area contributed by atoms with Gasteiger partial charge in [-0.25, -0.2) is 0 Å². The maximum atomic E-state index is 12.5. The molecular weight excluding hydrogens is 268 g/mol. The van der Waals surface area contributed by atoms with Crippen LogP contribution in [-0.2, 0) is 4.79 Å². The minimum atomic E-state index is 0.0963. The second-order valence-corrected chi connectivity index (χ2v) is 8.28. The summed E-state index contributed by atoms with van der Waals surface area (Å²) in [5.41, 5.74) is 8.62. The molecule has 0 aromatic rings. The van der Waals surface area contributed by atoms with Crippen LogP contribution in [0.4, 0.5) is 0 Å². The molecule has 0 aromatic carbocycles. The second kappa shape index (κ2) is 3.75. The molecule has 7 rings (SSSR count). The summed E-state index contributed by atoms with van der Waals surface area (Å²) in [7, 11) is 0. The Kier molecular flexibility index (Phi) is 2.06. The highest BCUT2D eigenvalue weighted by molar-refractivity contribution is 5.89. The van der Waals surface area contributed by atoms with Crippen molar-refractivity contribution in [1.82, 2.24) is 0 Å². The number of rotatable bonds is 0. The van der Waals surface area contributed by atoms with E-state index in [4.69, 9.17) is 0 Å². The molecular formula is C21H22O. The minimum Gasteiger partial charge on any atom is -0.299 e. The Hall–Kier alpha value is -1.37. The van der Waals surface area contributed by atoms with Gasteiger partial charge in [0.2, 0.25) is 0 Å². The number of Topliss-reactive ketones (excluding diaryl/α,β-unsaturated/α-hetero) is 1. The zero-order valence-electron chi connectivity index (χ0n) is 13.0. The van der Waals surface area contributed by atoms with Crippen LogP contribution in [0.1, 0.15) is 51.4 Å². The fraction of sp³-hybridized carbons (Fsp3) is 0.571. The topological polar surface area (TPSA) is 17.1 Å². The van der Waals surface area contributed by atoms with Crippen LogP contribution >= 0.6 is 0 Å². The highest BCUT2D eigenvalue weighted by Crippen LogP contribution is 2.68. The Labute approximate surface area is 131 Å². The summed E-state index contributed by atoms with van der Waals surface area (Å²) in [6.07, 6.45) is 17.0. The fourth-order valence-electron chi connectivity index (χ4n) is 6.91. The Morgan fingerprint density at radius 1 is 1.05 bits per heavy atom. The molecule has 4 unspecified atom stereocenters. The molecule has 0 heterocycles. The highest BCUT2D eigenvalue weighted by Gasteiger charge is 2.56. The van der Waals surface area contributed by atoms with Gasteiger partial charge in [0.15, 0.2) is 0 Å². The number of allylic oxidation sites excluding steroid dienone is 8. The molecule has 7 aliphatic carbocycles. The lowest BCUT2D eigenvalue weighted by Crippen LogP contribution is -2.30. The second-order valence-electron chi connectivity index (χ2n) is 8.28. The van der Waals surface area contributed by atoms with Crippen molar-refractivity contribution in [2.45, 2.75) is 51.4 Å². The van der Waals surface area contributed by atoms with Crippen LogP contribution in [0, 0.1) is 23.2 Å². The first-order chi connectivity index (χ1) is 10.8. The molecule has 112 valence electrons. The van der Waals surface area contributed by atoms with Crippen LogP contribution in [-0.4, -0.2) is 5.78 Å². The van der Waals surface area contributed by atoms with Gasteiger partial charge in [0, 0.05) is 17.8 Å². The van der Waals surface area contributed by atoms with Crippen LogP contribution in [0.2, 0.25) is 0 Å². The van der Waals surface area contributed by atoms with Gasteiger partial charge in [0.1, 0.15) is 5.78 Å². The van der Waals surface area contributed by atoms with E-state index in [0.717, 1.165) is 18.8 Å². The van der Waals surface area contributed by atoms with Crippen molar-refractivity contribution in [2.75, 3.05) is 0 Å². The SMILES string of the molecule is O=C1CCC2=C3C=CC(=CC13)C1CCCC3=C1C1CCC23C1. The van der Waals surface area contributed by atoms with Gasteiger partial charge in [-0.1, -0.05) is 34.9 Å². The van der Waals surface area contributed by atoms with E-state index in [0.29, 0.717) is 17.1 Å². The number of carbonyl (C=O) groups is 1. The molecule has 4 atom stereocenters. The van der Waals surface area contributed by atoms with E-state index in [1.165, 1.54) is 49.7 Å². The maximum Gasteiger partial charge on any atom is 0.144 e. The summed E-state index contributed by atoms with van der Waals surface area (Å²) in [5, 5.41) is 0. The Balaban J connectivity index is 1.72. The van der Waals surface area contributed by atoms with Crippen LogP contribution in [0.5, 0.6) is 0 Å². The average Bonchev–Trinajstić information content (AvgIpc) is 3.12. The van der Waals surface area contributed by atoms with Crippen LogP contribution in [0.15, 0.2) is 46.1 Å². The number of hydrogen-bond donors (Lipinski definition) is 0. The van der Waals surface area contributed by atoms with Crippen molar-refractivity contribution in [1.29, 1.82) is 0 Å². The first kappa shape index (κ1) is 12.1. The van der Waals surface area contributed by atoms with Gasteiger partial charge >= 0.3 is 0 Å². The molecule has 0 saturated heterocycles. The van der Waals surface area contributed by atoms with Crippen LogP contribution in [0.25, 0.3) is 0 Å². The lowest BCUT2D eigenvalue weighted by Gasteiger charge is -2.40. The van der Waals surface area contributed by atoms with Crippen molar-refractivity contribution in [3.63, 3.8) is 0 Å². The largest absolute Gasteiger partial charge is 0.299 e. The molecule has 22 heavy (non-hydrogen) atoms. The lowest BCUT2D eigenvalue weighted by molar-refractivity contribution is -0.121. The fourth-order valence-corrected chi connectivity index (χ4v) is 6.91. The molecule has 0 aromatic heterocycles. The van der Waals surface area contributed by atoms with Gasteiger partial charge in [0.05, 0.1) is 5.92 Å². The van der Waals surface area contributed by atoms with Crippen LogP contribution < -0.4 is 0 Å². The summed E-state index contributed by atoms with van der Waals surface area (Å²) in [6, 6.07) is 0. The van der Waals surface area contributed by atoms with Gasteiger partial charge in [0.25, 0.3) is 0 Å². The van der Waals surface area contributed by atoms with Gasteiger partial charge in [-0.15, -0.1) is 0 Å². The van der Waals surface area contributed by atoms with E-state index in [2.05, 4.69) is 18.2 Å². The summed E-state index contributed by atoms with van der Waals surface area (Å²) in [4.78, 5) is 12.5. The standard InChI is InChI=1S/C21H22O/c22-19-7-6-17-15-5-4-12(10-16(15)19)14-2-1-3-18-20(14)13-8-9-21(17,18)11-13/h4-5,10,13-14,16H,1-3,6-9,11H2. The van der Waals surface area contributed by atoms with E-state index < -0.39 is 0 Å². The van der Waals surface area contributed by atoms with Crippen molar-refractivity contribution >= 4 is 5.78 Å². The van der Waals surface area contributed by atoms with Crippen molar-refractivity contribution in [3.05, 3.63) is 46.1 Å². The lowest BCUT2D eigenvalue weighted by atomic mass is 9.64. The maximum absolute atomic E-state index is 12.5. The molecule has 1 heteroatoms.